The first kappa shape index (κ1) is 18.5. The Morgan fingerprint density at radius 3 is 3.00 bits per heavy atom. The first-order valence-corrected chi connectivity index (χ1v) is 10.4. The standard InChI is InChI=1S/C24H26O5/c1-3-4-5-8-19(25)28-18-11-13-24(26)16-7-6-12-23(24)20-15(14-16)9-10-17(27-2)21(20)29-22(18)23/h3-5,8-11,16,22,26H,6-7,12-14H2,1-2H3/b4-3+,8-5+/t16-,22+,23+,24-/m1/s1. The van der Waals surface area contributed by atoms with Gasteiger partial charge in [0.25, 0.3) is 0 Å². The van der Waals surface area contributed by atoms with Crippen molar-refractivity contribution in [2.45, 2.75) is 56.1 Å². The molecule has 0 amide bonds. The highest BCUT2D eigenvalue weighted by molar-refractivity contribution is 5.83. The Morgan fingerprint density at radius 2 is 2.21 bits per heavy atom. The van der Waals surface area contributed by atoms with Crippen molar-refractivity contribution in [2.75, 3.05) is 7.11 Å². The van der Waals surface area contributed by atoms with Gasteiger partial charge in [-0.2, -0.15) is 0 Å². The van der Waals surface area contributed by atoms with Gasteiger partial charge >= 0.3 is 5.97 Å². The van der Waals surface area contributed by atoms with E-state index in [1.165, 1.54) is 11.6 Å². The number of ether oxygens (including phenoxy) is 3. The molecule has 1 N–H and O–H groups in total. The molecular weight excluding hydrogens is 368 g/mol. The van der Waals surface area contributed by atoms with Crippen molar-refractivity contribution in [3.63, 3.8) is 0 Å². The van der Waals surface area contributed by atoms with Gasteiger partial charge in [0.15, 0.2) is 17.6 Å². The van der Waals surface area contributed by atoms with Crippen LogP contribution in [0.1, 0.15) is 43.7 Å². The highest BCUT2D eigenvalue weighted by Crippen LogP contribution is 2.67. The Bertz CT molecular complexity index is 958. The van der Waals surface area contributed by atoms with Crippen LogP contribution >= 0.6 is 0 Å². The Labute approximate surface area is 170 Å². The summed E-state index contributed by atoms with van der Waals surface area (Å²) in [4.78, 5) is 12.4. The second kappa shape index (κ2) is 6.49. The SMILES string of the molecule is C/C=C/C=C/C(=O)OC1=CC[C@@]2(O)[C@@H]3CCC[C@@]24c2c(ccc(OC)c2O[C@@H]14)C3. The Kier molecular flexibility index (Phi) is 4.14. The molecule has 1 saturated carbocycles. The molecule has 1 aromatic carbocycles. The maximum atomic E-state index is 12.4. The fourth-order valence-electron chi connectivity index (χ4n) is 6.08. The highest BCUT2D eigenvalue weighted by Gasteiger charge is 2.70. The molecule has 5 nitrogen and oxygen atoms in total. The molecule has 1 aliphatic heterocycles. The summed E-state index contributed by atoms with van der Waals surface area (Å²) in [6, 6.07) is 4.05. The van der Waals surface area contributed by atoms with Crippen LogP contribution in [0.3, 0.4) is 0 Å². The first-order chi connectivity index (χ1) is 14.0. The van der Waals surface area contributed by atoms with Gasteiger partial charge in [-0.1, -0.05) is 30.7 Å². The second-order valence-electron chi connectivity index (χ2n) is 8.43. The molecule has 4 atom stereocenters. The van der Waals surface area contributed by atoms with Gasteiger partial charge in [0, 0.05) is 11.6 Å². The lowest BCUT2D eigenvalue weighted by atomic mass is 9.47. The van der Waals surface area contributed by atoms with Crippen LogP contribution in [-0.4, -0.2) is 29.9 Å². The van der Waals surface area contributed by atoms with Crippen molar-refractivity contribution in [3.05, 3.63) is 59.4 Å². The van der Waals surface area contributed by atoms with Crippen molar-refractivity contribution in [1.29, 1.82) is 0 Å². The molecule has 2 bridgehead atoms. The zero-order chi connectivity index (χ0) is 20.2. The number of methoxy groups -OCH3 is 1. The number of esters is 1. The van der Waals surface area contributed by atoms with E-state index in [4.69, 9.17) is 14.2 Å². The van der Waals surface area contributed by atoms with Crippen LogP contribution < -0.4 is 9.47 Å². The average molecular weight is 394 g/mol. The number of carbonyl (C=O) groups excluding carboxylic acids is 1. The summed E-state index contributed by atoms with van der Waals surface area (Å²) >= 11 is 0. The topological polar surface area (TPSA) is 65.0 Å². The van der Waals surface area contributed by atoms with Crippen molar-refractivity contribution >= 4 is 5.97 Å². The fraction of sp³-hybridized carbons (Fsp3) is 0.458. The normalized spacial score (nSPS) is 34.0. The number of benzene rings is 1. The molecule has 1 fully saturated rings. The van der Waals surface area contributed by atoms with E-state index in [1.807, 2.05) is 25.1 Å². The molecule has 29 heavy (non-hydrogen) atoms. The molecule has 3 aliphatic carbocycles. The predicted octanol–water partition coefficient (Wildman–Crippen LogP) is 3.74. The molecule has 0 saturated heterocycles. The van der Waals surface area contributed by atoms with E-state index in [1.54, 1.807) is 19.3 Å². The number of aliphatic hydroxyl groups is 1. The van der Waals surface area contributed by atoms with Crippen LogP contribution in [-0.2, 0) is 21.4 Å². The number of allylic oxidation sites excluding steroid dienone is 3. The molecule has 0 unspecified atom stereocenters. The molecule has 1 aromatic rings. The molecule has 5 rings (SSSR count). The van der Waals surface area contributed by atoms with E-state index in [9.17, 15) is 9.90 Å². The molecule has 0 aromatic heterocycles. The van der Waals surface area contributed by atoms with E-state index in [0.29, 0.717) is 23.7 Å². The van der Waals surface area contributed by atoms with Gasteiger partial charge < -0.3 is 19.3 Å². The van der Waals surface area contributed by atoms with Crippen LogP contribution in [0.5, 0.6) is 11.5 Å². The summed E-state index contributed by atoms with van der Waals surface area (Å²) in [6.45, 7) is 1.89. The predicted molar refractivity (Wildman–Crippen MR) is 108 cm³/mol. The lowest BCUT2D eigenvalue weighted by Crippen LogP contribution is -2.67. The van der Waals surface area contributed by atoms with E-state index in [2.05, 4.69) is 6.07 Å². The number of carbonyl (C=O) groups is 1. The van der Waals surface area contributed by atoms with Crippen LogP contribution in [0.2, 0.25) is 0 Å². The highest BCUT2D eigenvalue weighted by atomic mass is 16.6. The van der Waals surface area contributed by atoms with Gasteiger partial charge in [0.05, 0.1) is 18.1 Å². The third kappa shape index (κ3) is 2.34. The zero-order valence-corrected chi connectivity index (χ0v) is 16.8. The summed E-state index contributed by atoms with van der Waals surface area (Å²) in [5, 5.41) is 12.0. The van der Waals surface area contributed by atoms with E-state index in [-0.39, 0.29) is 5.92 Å². The summed E-state index contributed by atoms with van der Waals surface area (Å²) in [7, 11) is 1.63. The van der Waals surface area contributed by atoms with Crippen molar-refractivity contribution in [1.82, 2.24) is 0 Å². The quantitative estimate of drug-likeness (QED) is 0.479. The number of hydrogen-bond donors (Lipinski definition) is 1. The zero-order valence-electron chi connectivity index (χ0n) is 16.8. The van der Waals surface area contributed by atoms with Crippen LogP contribution in [0.4, 0.5) is 0 Å². The molecule has 1 heterocycles. The average Bonchev–Trinajstić information content (AvgIpc) is 3.05. The molecule has 4 aliphatic rings. The number of rotatable bonds is 4. The van der Waals surface area contributed by atoms with Crippen LogP contribution in [0.25, 0.3) is 0 Å². The Morgan fingerprint density at radius 1 is 1.34 bits per heavy atom. The molecule has 1 spiro atoms. The maximum Gasteiger partial charge on any atom is 0.335 e. The van der Waals surface area contributed by atoms with Gasteiger partial charge in [0.2, 0.25) is 0 Å². The Hall–Kier alpha value is -2.53. The third-order valence-corrected chi connectivity index (χ3v) is 7.22. The summed E-state index contributed by atoms with van der Waals surface area (Å²) in [5.41, 5.74) is 0.798. The minimum absolute atomic E-state index is 0.178. The van der Waals surface area contributed by atoms with Gasteiger partial charge in [-0.25, -0.2) is 4.79 Å². The smallest absolute Gasteiger partial charge is 0.335 e. The third-order valence-electron chi connectivity index (χ3n) is 7.22. The van der Waals surface area contributed by atoms with Gasteiger partial charge in [-0.05, 0) is 56.2 Å². The van der Waals surface area contributed by atoms with Crippen molar-refractivity contribution in [3.8, 4) is 11.5 Å². The van der Waals surface area contributed by atoms with Crippen LogP contribution in [0, 0.1) is 5.92 Å². The lowest BCUT2D eigenvalue weighted by Gasteiger charge is -2.59. The minimum atomic E-state index is -0.892. The lowest BCUT2D eigenvalue weighted by molar-refractivity contribution is -0.157. The Balaban J connectivity index is 1.62. The van der Waals surface area contributed by atoms with E-state index in [0.717, 1.165) is 31.2 Å². The number of hydrogen-bond acceptors (Lipinski definition) is 5. The van der Waals surface area contributed by atoms with Gasteiger partial charge in [-0.3, -0.25) is 0 Å². The van der Waals surface area contributed by atoms with Gasteiger partial charge in [0.1, 0.15) is 5.76 Å². The monoisotopic (exact) mass is 394 g/mol. The van der Waals surface area contributed by atoms with Crippen LogP contribution in [0.15, 0.2) is 48.3 Å². The van der Waals surface area contributed by atoms with Gasteiger partial charge in [-0.15, -0.1) is 0 Å². The summed E-state index contributed by atoms with van der Waals surface area (Å²) < 4.78 is 17.7. The second-order valence-corrected chi connectivity index (χ2v) is 8.43. The summed E-state index contributed by atoms with van der Waals surface area (Å²) in [6.07, 6.45) is 12.1. The van der Waals surface area contributed by atoms with Crippen molar-refractivity contribution < 1.29 is 24.1 Å². The fourth-order valence-corrected chi connectivity index (χ4v) is 6.08. The summed E-state index contributed by atoms with van der Waals surface area (Å²) in [5.74, 6) is 1.60. The molecular formula is C24H26O5. The van der Waals surface area contributed by atoms with E-state index < -0.39 is 23.1 Å². The minimum Gasteiger partial charge on any atom is -0.493 e. The maximum absolute atomic E-state index is 12.4. The first-order valence-electron chi connectivity index (χ1n) is 10.4. The largest absolute Gasteiger partial charge is 0.493 e. The molecule has 0 radical (unpaired) electrons. The molecule has 5 heteroatoms. The van der Waals surface area contributed by atoms with E-state index >= 15 is 0 Å². The molecule has 152 valence electrons. The van der Waals surface area contributed by atoms with Crippen molar-refractivity contribution in [2.24, 2.45) is 5.92 Å².